The van der Waals surface area contributed by atoms with Gasteiger partial charge in [-0.15, -0.1) is 0 Å². The van der Waals surface area contributed by atoms with Gasteiger partial charge in [-0.3, -0.25) is 4.79 Å². The Hall–Kier alpha value is -0.590. The first-order chi connectivity index (χ1) is 3.79. The number of hydrogen-bond acceptors (Lipinski definition) is 1. The molecule has 0 spiro atoms. The molecule has 0 heterocycles. The van der Waals surface area contributed by atoms with Gasteiger partial charge in [-0.1, -0.05) is 11.6 Å². The maximum absolute atomic E-state index is 10.4. The maximum atomic E-state index is 10.4. The van der Waals surface area contributed by atoms with Crippen LogP contribution in [0.1, 0.15) is 26.2 Å². The zero-order valence-electron chi connectivity index (χ0n) is 5.11. The van der Waals surface area contributed by atoms with Crippen LogP contribution in [0, 0.1) is 0 Å². The summed E-state index contributed by atoms with van der Waals surface area (Å²) in [5.41, 5.74) is 1.33. The molecule has 0 aliphatic heterocycles. The van der Waals surface area contributed by atoms with Crippen LogP contribution >= 0.6 is 0 Å². The highest BCUT2D eigenvalue weighted by molar-refractivity contribution is 5.78. The molecule has 0 amide bonds. The molecule has 0 unspecified atom stereocenters. The molecule has 0 atom stereocenters. The van der Waals surface area contributed by atoms with Crippen molar-refractivity contribution in [3.8, 4) is 0 Å². The Balaban J connectivity index is 2.29. The summed E-state index contributed by atoms with van der Waals surface area (Å²) in [7, 11) is 0. The first-order valence-corrected chi connectivity index (χ1v) is 2.96. The van der Waals surface area contributed by atoms with E-state index in [1.54, 1.807) is 6.92 Å². The molecule has 1 aliphatic carbocycles. The number of carbonyl (C=O) groups excluding carboxylic acids is 1. The highest BCUT2D eigenvalue weighted by Gasteiger charge is 2.06. The lowest BCUT2D eigenvalue weighted by Crippen LogP contribution is -1.99. The fourth-order valence-corrected chi connectivity index (χ4v) is 0.829. The van der Waals surface area contributed by atoms with Crippen molar-refractivity contribution in [3.63, 3.8) is 0 Å². The minimum Gasteiger partial charge on any atom is -0.300 e. The number of rotatable bonds is 2. The molecule has 0 aromatic rings. The first-order valence-electron chi connectivity index (χ1n) is 2.96. The molecule has 1 heteroatoms. The van der Waals surface area contributed by atoms with Gasteiger partial charge in [0.1, 0.15) is 5.78 Å². The van der Waals surface area contributed by atoms with Crippen LogP contribution in [0.25, 0.3) is 0 Å². The molecule has 0 N–H and O–H groups in total. The standard InChI is InChI=1S/C7H10O/c1-6(8)5-7-3-2-4-7/h3H,2,4-5H2,1H3. The normalized spacial score (nSPS) is 16.9. The second-order valence-corrected chi connectivity index (χ2v) is 2.28. The second kappa shape index (κ2) is 2.12. The van der Waals surface area contributed by atoms with Gasteiger partial charge in [-0.05, 0) is 19.8 Å². The molecule has 0 saturated heterocycles. The second-order valence-electron chi connectivity index (χ2n) is 2.28. The van der Waals surface area contributed by atoms with Crippen LogP contribution in [0.3, 0.4) is 0 Å². The Kier molecular flexibility index (Phi) is 1.47. The van der Waals surface area contributed by atoms with Crippen LogP contribution in [-0.2, 0) is 4.79 Å². The number of Topliss-reactive ketones (excluding diaryl/α,β-unsaturated/α-hetero) is 1. The Morgan fingerprint density at radius 3 is 2.62 bits per heavy atom. The van der Waals surface area contributed by atoms with Crippen molar-refractivity contribution in [3.05, 3.63) is 11.6 Å². The van der Waals surface area contributed by atoms with Gasteiger partial charge in [0.2, 0.25) is 0 Å². The van der Waals surface area contributed by atoms with E-state index in [1.807, 2.05) is 0 Å². The Morgan fingerprint density at radius 2 is 2.50 bits per heavy atom. The molecule has 0 saturated carbocycles. The van der Waals surface area contributed by atoms with E-state index >= 15 is 0 Å². The maximum Gasteiger partial charge on any atom is 0.133 e. The molecule has 8 heavy (non-hydrogen) atoms. The van der Waals surface area contributed by atoms with Gasteiger partial charge in [0, 0.05) is 6.42 Å². The first kappa shape index (κ1) is 5.54. The molecule has 44 valence electrons. The van der Waals surface area contributed by atoms with E-state index in [4.69, 9.17) is 0 Å². The van der Waals surface area contributed by atoms with Crippen molar-refractivity contribution < 1.29 is 4.79 Å². The Morgan fingerprint density at radius 1 is 1.88 bits per heavy atom. The molecule has 1 rings (SSSR count). The number of carbonyl (C=O) groups is 1. The van der Waals surface area contributed by atoms with Crippen LogP contribution in [0.5, 0.6) is 0 Å². The predicted octanol–water partition coefficient (Wildman–Crippen LogP) is 1.69. The fraction of sp³-hybridized carbons (Fsp3) is 0.571. The van der Waals surface area contributed by atoms with Crippen molar-refractivity contribution >= 4 is 5.78 Å². The van der Waals surface area contributed by atoms with Gasteiger partial charge in [0.25, 0.3) is 0 Å². The van der Waals surface area contributed by atoms with Crippen LogP contribution in [-0.4, -0.2) is 5.78 Å². The largest absolute Gasteiger partial charge is 0.300 e. The van der Waals surface area contributed by atoms with Gasteiger partial charge in [0.15, 0.2) is 0 Å². The number of hydrogen-bond donors (Lipinski definition) is 0. The summed E-state index contributed by atoms with van der Waals surface area (Å²) in [5.74, 6) is 0.288. The smallest absolute Gasteiger partial charge is 0.133 e. The molecule has 1 nitrogen and oxygen atoms in total. The zero-order valence-corrected chi connectivity index (χ0v) is 5.11. The quantitative estimate of drug-likeness (QED) is 0.494. The molecular weight excluding hydrogens is 100 g/mol. The minimum atomic E-state index is 0.288. The molecule has 0 bridgehead atoms. The van der Waals surface area contributed by atoms with E-state index in [1.165, 1.54) is 12.0 Å². The van der Waals surface area contributed by atoms with Crippen LogP contribution in [0.15, 0.2) is 11.6 Å². The number of ketones is 1. The van der Waals surface area contributed by atoms with E-state index in [-0.39, 0.29) is 5.78 Å². The summed E-state index contributed by atoms with van der Waals surface area (Å²) in [6.07, 6.45) is 5.17. The van der Waals surface area contributed by atoms with Crippen molar-refractivity contribution in [2.45, 2.75) is 26.2 Å². The van der Waals surface area contributed by atoms with Gasteiger partial charge < -0.3 is 0 Å². The third-order valence-electron chi connectivity index (χ3n) is 1.37. The molecular formula is C7H10O. The van der Waals surface area contributed by atoms with Gasteiger partial charge in [0.05, 0.1) is 0 Å². The van der Waals surface area contributed by atoms with Gasteiger partial charge >= 0.3 is 0 Å². The summed E-state index contributed by atoms with van der Waals surface area (Å²) < 4.78 is 0. The summed E-state index contributed by atoms with van der Waals surface area (Å²) in [6.45, 7) is 1.64. The van der Waals surface area contributed by atoms with Crippen LogP contribution < -0.4 is 0 Å². The summed E-state index contributed by atoms with van der Waals surface area (Å²) in [6, 6.07) is 0. The molecule has 0 aromatic heterocycles. The zero-order chi connectivity index (χ0) is 5.98. The van der Waals surface area contributed by atoms with Crippen molar-refractivity contribution in [1.82, 2.24) is 0 Å². The highest BCUT2D eigenvalue weighted by Crippen LogP contribution is 2.20. The van der Waals surface area contributed by atoms with Crippen molar-refractivity contribution in [2.24, 2.45) is 0 Å². The lowest BCUT2D eigenvalue weighted by atomic mass is 9.95. The lowest BCUT2D eigenvalue weighted by molar-refractivity contribution is -0.116. The third-order valence-corrected chi connectivity index (χ3v) is 1.37. The summed E-state index contributed by atoms with van der Waals surface area (Å²) >= 11 is 0. The Bertz CT molecular complexity index is 133. The monoisotopic (exact) mass is 110 g/mol. The summed E-state index contributed by atoms with van der Waals surface area (Å²) in [4.78, 5) is 10.4. The SMILES string of the molecule is CC(=O)CC1=CCC1. The minimum absolute atomic E-state index is 0.288. The Labute approximate surface area is 49.4 Å². The average Bonchev–Trinajstić information content (AvgIpc) is 1.55. The lowest BCUT2D eigenvalue weighted by Gasteiger charge is -2.11. The van der Waals surface area contributed by atoms with E-state index in [0.717, 1.165) is 6.42 Å². The van der Waals surface area contributed by atoms with Crippen molar-refractivity contribution in [2.75, 3.05) is 0 Å². The van der Waals surface area contributed by atoms with E-state index in [0.29, 0.717) is 6.42 Å². The number of allylic oxidation sites excluding steroid dienone is 2. The van der Waals surface area contributed by atoms with E-state index in [2.05, 4.69) is 6.08 Å². The fourth-order valence-electron chi connectivity index (χ4n) is 0.829. The average molecular weight is 110 g/mol. The van der Waals surface area contributed by atoms with Crippen molar-refractivity contribution in [1.29, 1.82) is 0 Å². The molecule has 0 radical (unpaired) electrons. The van der Waals surface area contributed by atoms with E-state index < -0.39 is 0 Å². The summed E-state index contributed by atoms with van der Waals surface area (Å²) in [5, 5.41) is 0. The van der Waals surface area contributed by atoms with Crippen LogP contribution in [0.2, 0.25) is 0 Å². The van der Waals surface area contributed by atoms with Gasteiger partial charge in [-0.2, -0.15) is 0 Å². The molecule has 0 fully saturated rings. The van der Waals surface area contributed by atoms with Gasteiger partial charge in [-0.25, -0.2) is 0 Å². The van der Waals surface area contributed by atoms with E-state index in [9.17, 15) is 4.79 Å². The molecule has 0 aromatic carbocycles. The molecule has 1 aliphatic rings. The van der Waals surface area contributed by atoms with Crippen LogP contribution in [0.4, 0.5) is 0 Å². The highest BCUT2D eigenvalue weighted by atomic mass is 16.1. The topological polar surface area (TPSA) is 17.1 Å². The predicted molar refractivity (Wildman–Crippen MR) is 32.6 cm³/mol. The third kappa shape index (κ3) is 1.19.